The molecule has 1 aromatic rings. The van der Waals surface area contributed by atoms with Gasteiger partial charge in [0, 0.05) is 6.61 Å². The van der Waals surface area contributed by atoms with Gasteiger partial charge in [-0.1, -0.05) is 82.8 Å². The lowest BCUT2D eigenvalue weighted by Crippen LogP contribution is -2.48. The summed E-state index contributed by atoms with van der Waals surface area (Å²) in [5.41, 5.74) is 0. The van der Waals surface area contributed by atoms with Crippen molar-refractivity contribution < 1.29 is 18.7 Å². The van der Waals surface area contributed by atoms with Crippen LogP contribution in [0.25, 0.3) is 0 Å². The van der Waals surface area contributed by atoms with E-state index in [4.69, 9.17) is 14.2 Å². The molecule has 35 heavy (non-hydrogen) atoms. The van der Waals surface area contributed by atoms with Crippen molar-refractivity contribution in [3.05, 3.63) is 24.3 Å². The first kappa shape index (κ1) is 28.3. The number of unbranched alkanes of at least 4 members (excludes halogenated alkanes) is 13. The monoisotopic (exact) mass is 488 g/mol. The van der Waals surface area contributed by atoms with E-state index in [0.717, 1.165) is 24.5 Å². The normalized spacial score (nSPS) is 19.1. The van der Waals surface area contributed by atoms with E-state index < -0.39 is 0 Å². The standard InChI is InChI=1S/C31H54NO3/c1-32(24-18-14-19-25-32)23-17-12-10-8-6-4-2-3-5-7-9-11-13-20-26-33-27-29-28-34-30-21-15-16-22-31(30)35-29/h15-16,21-22,29H,2-14,17-20,23-28H2,1H3/q+1. The van der Waals surface area contributed by atoms with Crippen molar-refractivity contribution in [2.24, 2.45) is 0 Å². The summed E-state index contributed by atoms with van der Waals surface area (Å²) in [6, 6.07) is 7.86. The summed E-state index contributed by atoms with van der Waals surface area (Å²) in [5.74, 6) is 1.68. The van der Waals surface area contributed by atoms with E-state index in [1.165, 1.54) is 127 Å². The maximum absolute atomic E-state index is 5.93. The molecular weight excluding hydrogens is 434 g/mol. The molecule has 0 N–H and O–H groups in total. The summed E-state index contributed by atoms with van der Waals surface area (Å²) >= 11 is 0. The Morgan fingerprint density at radius 1 is 0.714 bits per heavy atom. The van der Waals surface area contributed by atoms with Crippen LogP contribution in [-0.2, 0) is 4.74 Å². The van der Waals surface area contributed by atoms with Crippen LogP contribution in [0.3, 0.4) is 0 Å². The van der Waals surface area contributed by atoms with Crippen molar-refractivity contribution in [1.82, 2.24) is 0 Å². The maximum Gasteiger partial charge on any atom is 0.161 e. The van der Waals surface area contributed by atoms with Crippen molar-refractivity contribution in [1.29, 1.82) is 0 Å². The van der Waals surface area contributed by atoms with E-state index in [2.05, 4.69) is 7.05 Å². The Labute approximate surface area is 216 Å². The second-order valence-electron chi connectivity index (χ2n) is 11.4. The van der Waals surface area contributed by atoms with Crippen molar-refractivity contribution >= 4 is 0 Å². The van der Waals surface area contributed by atoms with Gasteiger partial charge in [-0.25, -0.2) is 0 Å². The summed E-state index contributed by atoms with van der Waals surface area (Å²) < 4.78 is 18.9. The molecule has 1 unspecified atom stereocenters. The molecule has 0 saturated carbocycles. The first-order valence-electron chi connectivity index (χ1n) is 15.0. The predicted molar refractivity (Wildman–Crippen MR) is 146 cm³/mol. The minimum absolute atomic E-state index is 0.0130. The Kier molecular flexibility index (Phi) is 13.9. The van der Waals surface area contributed by atoms with Gasteiger partial charge in [-0.2, -0.15) is 0 Å². The summed E-state index contributed by atoms with van der Waals surface area (Å²) in [4.78, 5) is 0. The fourth-order valence-corrected chi connectivity index (χ4v) is 5.68. The molecular formula is C31H54NO3+. The molecule has 0 spiro atoms. The van der Waals surface area contributed by atoms with Gasteiger partial charge in [0.15, 0.2) is 17.6 Å². The zero-order valence-electron chi connectivity index (χ0n) is 22.8. The SMILES string of the molecule is C[N+]1(CCCCCCCCCCCCCCCCOCC2COc3ccccc3O2)CCCCC1. The molecule has 0 amide bonds. The van der Waals surface area contributed by atoms with Gasteiger partial charge >= 0.3 is 0 Å². The second kappa shape index (κ2) is 17.2. The number of piperidine rings is 1. The Bertz CT molecular complexity index is 658. The Balaban J connectivity index is 0.998. The molecule has 1 atom stereocenters. The predicted octanol–water partition coefficient (Wildman–Crippen LogP) is 7.93. The summed E-state index contributed by atoms with van der Waals surface area (Å²) in [7, 11) is 2.48. The largest absolute Gasteiger partial charge is 0.486 e. The van der Waals surface area contributed by atoms with Gasteiger partial charge in [0.2, 0.25) is 0 Å². The maximum atomic E-state index is 5.93. The van der Waals surface area contributed by atoms with Crippen LogP contribution in [0.4, 0.5) is 0 Å². The quantitative estimate of drug-likeness (QED) is 0.146. The minimum Gasteiger partial charge on any atom is -0.486 e. The molecule has 2 heterocycles. The van der Waals surface area contributed by atoms with Crippen LogP contribution < -0.4 is 9.47 Å². The molecule has 0 radical (unpaired) electrons. The molecule has 1 saturated heterocycles. The second-order valence-corrected chi connectivity index (χ2v) is 11.4. The third-order valence-corrected chi connectivity index (χ3v) is 8.00. The van der Waals surface area contributed by atoms with E-state index in [1.54, 1.807) is 0 Å². The van der Waals surface area contributed by atoms with Gasteiger partial charge in [0.25, 0.3) is 0 Å². The molecule has 1 fully saturated rings. The average molecular weight is 489 g/mol. The molecule has 0 aliphatic carbocycles. The highest BCUT2D eigenvalue weighted by Crippen LogP contribution is 2.30. The van der Waals surface area contributed by atoms with Crippen LogP contribution in [0, 0.1) is 0 Å². The molecule has 3 rings (SSSR count). The van der Waals surface area contributed by atoms with Crippen LogP contribution in [-0.4, -0.2) is 57.1 Å². The third-order valence-electron chi connectivity index (χ3n) is 8.00. The van der Waals surface area contributed by atoms with Gasteiger partial charge in [-0.05, 0) is 50.7 Å². The number of para-hydroxylation sites is 2. The van der Waals surface area contributed by atoms with E-state index in [9.17, 15) is 0 Å². The van der Waals surface area contributed by atoms with E-state index in [0.29, 0.717) is 13.2 Å². The van der Waals surface area contributed by atoms with Gasteiger partial charge in [0.1, 0.15) is 6.61 Å². The van der Waals surface area contributed by atoms with Crippen molar-refractivity contribution in [3.63, 3.8) is 0 Å². The van der Waals surface area contributed by atoms with Crippen LogP contribution >= 0.6 is 0 Å². The lowest BCUT2D eigenvalue weighted by Gasteiger charge is -2.37. The van der Waals surface area contributed by atoms with Crippen LogP contribution in [0.5, 0.6) is 11.5 Å². The summed E-state index contributed by atoms with van der Waals surface area (Å²) in [5, 5.41) is 0. The molecule has 1 aromatic carbocycles. The van der Waals surface area contributed by atoms with Crippen molar-refractivity contribution in [2.75, 3.05) is 46.5 Å². The number of ether oxygens (including phenoxy) is 3. The molecule has 200 valence electrons. The first-order valence-corrected chi connectivity index (χ1v) is 15.0. The lowest BCUT2D eigenvalue weighted by molar-refractivity contribution is -0.914. The molecule has 0 bridgehead atoms. The Hall–Kier alpha value is -1.26. The number of benzene rings is 1. The van der Waals surface area contributed by atoms with Gasteiger partial charge in [-0.15, -0.1) is 0 Å². The fraction of sp³-hybridized carbons (Fsp3) is 0.806. The number of quaternary nitrogens is 1. The highest BCUT2D eigenvalue weighted by atomic mass is 16.6. The van der Waals surface area contributed by atoms with Crippen molar-refractivity contribution in [2.45, 2.75) is 115 Å². The first-order chi connectivity index (χ1) is 17.3. The summed E-state index contributed by atoms with van der Waals surface area (Å²) in [6.45, 7) is 6.31. The molecule has 4 nitrogen and oxygen atoms in total. The van der Waals surface area contributed by atoms with Crippen LogP contribution in [0.2, 0.25) is 0 Å². The van der Waals surface area contributed by atoms with E-state index in [1.807, 2.05) is 24.3 Å². The zero-order valence-corrected chi connectivity index (χ0v) is 22.8. The molecule has 2 aliphatic heterocycles. The number of nitrogens with zero attached hydrogens (tertiary/aromatic N) is 1. The van der Waals surface area contributed by atoms with Gasteiger partial charge in [-0.3, -0.25) is 0 Å². The Morgan fingerprint density at radius 3 is 1.89 bits per heavy atom. The summed E-state index contributed by atoms with van der Waals surface area (Å²) in [6.07, 6.45) is 24.0. The highest BCUT2D eigenvalue weighted by molar-refractivity contribution is 5.40. The zero-order chi connectivity index (χ0) is 24.4. The fourth-order valence-electron chi connectivity index (χ4n) is 5.68. The van der Waals surface area contributed by atoms with E-state index in [-0.39, 0.29) is 6.10 Å². The number of hydrogen-bond acceptors (Lipinski definition) is 3. The minimum atomic E-state index is 0.0130. The number of rotatable bonds is 19. The number of hydrogen-bond donors (Lipinski definition) is 0. The number of likely N-dealkylation sites (tertiary alicyclic amines) is 1. The highest BCUT2D eigenvalue weighted by Gasteiger charge is 2.23. The van der Waals surface area contributed by atoms with Gasteiger partial charge in [0.05, 0.1) is 33.3 Å². The molecule has 4 heteroatoms. The topological polar surface area (TPSA) is 27.7 Å². The van der Waals surface area contributed by atoms with Gasteiger partial charge < -0.3 is 18.7 Å². The smallest absolute Gasteiger partial charge is 0.161 e. The lowest BCUT2D eigenvalue weighted by atomic mass is 10.0. The average Bonchev–Trinajstić information content (AvgIpc) is 2.88. The molecule has 2 aliphatic rings. The number of fused-ring (bicyclic) bond motifs is 1. The Morgan fingerprint density at radius 2 is 1.26 bits per heavy atom. The van der Waals surface area contributed by atoms with Crippen LogP contribution in [0.1, 0.15) is 109 Å². The third kappa shape index (κ3) is 12.0. The van der Waals surface area contributed by atoms with Crippen molar-refractivity contribution in [3.8, 4) is 11.5 Å². The molecule has 0 aromatic heterocycles. The van der Waals surface area contributed by atoms with E-state index >= 15 is 0 Å². The van der Waals surface area contributed by atoms with Crippen LogP contribution in [0.15, 0.2) is 24.3 Å².